The van der Waals surface area contributed by atoms with Crippen molar-refractivity contribution in [2.75, 3.05) is 39.5 Å². The van der Waals surface area contributed by atoms with E-state index in [0.717, 1.165) is 12.3 Å². The van der Waals surface area contributed by atoms with Gasteiger partial charge in [-0.2, -0.15) is 0 Å². The third-order valence-electron chi connectivity index (χ3n) is 4.14. The quantitative estimate of drug-likeness (QED) is 0.782. The molecule has 1 aliphatic heterocycles. The number of rotatable bonds is 8. The number of aliphatic hydroxyl groups is 1. The monoisotopic (exact) mass is 361 g/mol. The highest BCUT2D eigenvalue weighted by Gasteiger charge is 2.23. The number of benzene rings is 2. The van der Waals surface area contributed by atoms with Gasteiger partial charge in [0.1, 0.15) is 31.2 Å². The van der Waals surface area contributed by atoms with Crippen LogP contribution in [0.5, 0.6) is 11.5 Å². The highest BCUT2D eigenvalue weighted by Crippen LogP contribution is 2.17. The molecule has 0 saturated carbocycles. The summed E-state index contributed by atoms with van der Waals surface area (Å²) in [7, 11) is 0. The van der Waals surface area contributed by atoms with E-state index in [4.69, 9.17) is 14.2 Å². The molecule has 5 nitrogen and oxygen atoms in total. The molecule has 2 unspecified atom stereocenters. The van der Waals surface area contributed by atoms with Gasteiger partial charge in [-0.1, -0.05) is 30.3 Å². The Bertz CT molecular complexity index is 670. The summed E-state index contributed by atoms with van der Waals surface area (Å²) in [6.07, 6.45) is -0.757. The van der Waals surface area contributed by atoms with E-state index in [9.17, 15) is 9.50 Å². The van der Waals surface area contributed by atoms with Crippen LogP contribution >= 0.6 is 0 Å². The van der Waals surface area contributed by atoms with Gasteiger partial charge < -0.3 is 19.3 Å². The van der Waals surface area contributed by atoms with Crippen LogP contribution in [0.15, 0.2) is 54.6 Å². The molecule has 1 heterocycles. The van der Waals surface area contributed by atoms with E-state index in [1.54, 1.807) is 18.2 Å². The summed E-state index contributed by atoms with van der Waals surface area (Å²) < 4.78 is 30.4. The molecular weight excluding hydrogens is 337 g/mol. The highest BCUT2D eigenvalue weighted by atomic mass is 19.1. The average Bonchev–Trinajstić information content (AvgIpc) is 2.67. The largest absolute Gasteiger partial charge is 0.491 e. The zero-order valence-corrected chi connectivity index (χ0v) is 14.6. The minimum absolute atomic E-state index is 0.161. The summed E-state index contributed by atoms with van der Waals surface area (Å²) in [4.78, 5) is 2.11. The SMILES string of the molecule is OC(COc1ccccc1)CN1CCOC(COc2ccccc2F)C1. The van der Waals surface area contributed by atoms with Gasteiger partial charge in [0.2, 0.25) is 0 Å². The Morgan fingerprint density at radius 2 is 1.88 bits per heavy atom. The van der Waals surface area contributed by atoms with Crippen LogP contribution < -0.4 is 9.47 Å². The molecule has 1 aliphatic rings. The van der Waals surface area contributed by atoms with Gasteiger partial charge >= 0.3 is 0 Å². The standard InChI is InChI=1S/C20H24FNO4/c21-19-8-4-5-9-20(19)26-15-18-13-22(10-11-24-18)12-16(23)14-25-17-6-2-1-3-7-17/h1-9,16,18,23H,10-15H2. The lowest BCUT2D eigenvalue weighted by atomic mass is 10.2. The minimum atomic E-state index is -0.596. The predicted octanol–water partition coefficient (Wildman–Crippen LogP) is 2.35. The summed E-state index contributed by atoms with van der Waals surface area (Å²) in [5.74, 6) is 0.586. The van der Waals surface area contributed by atoms with Gasteiger partial charge in [0.15, 0.2) is 11.6 Å². The van der Waals surface area contributed by atoms with Crippen molar-refractivity contribution >= 4 is 0 Å². The fourth-order valence-electron chi connectivity index (χ4n) is 2.85. The van der Waals surface area contributed by atoms with E-state index in [1.807, 2.05) is 30.3 Å². The molecular formula is C20H24FNO4. The molecule has 2 atom stereocenters. The van der Waals surface area contributed by atoms with E-state index in [-0.39, 0.29) is 30.9 Å². The first-order valence-electron chi connectivity index (χ1n) is 8.78. The van der Waals surface area contributed by atoms with Crippen LogP contribution in [0.3, 0.4) is 0 Å². The first kappa shape index (κ1) is 18.6. The maximum atomic E-state index is 13.6. The van der Waals surface area contributed by atoms with Gasteiger partial charge in [-0.05, 0) is 24.3 Å². The number of hydrogen-bond donors (Lipinski definition) is 1. The summed E-state index contributed by atoms with van der Waals surface area (Å²) in [6.45, 7) is 2.91. The Kier molecular flexibility index (Phi) is 6.82. The average molecular weight is 361 g/mol. The molecule has 26 heavy (non-hydrogen) atoms. The molecule has 140 valence electrons. The number of nitrogens with zero attached hydrogens (tertiary/aromatic N) is 1. The first-order valence-corrected chi connectivity index (χ1v) is 8.78. The summed E-state index contributed by atoms with van der Waals surface area (Å²) in [5.41, 5.74) is 0. The lowest BCUT2D eigenvalue weighted by Gasteiger charge is -2.33. The molecule has 0 bridgehead atoms. The van der Waals surface area contributed by atoms with Crippen molar-refractivity contribution in [2.24, 2.45) is 0 Å². The number of aliphatic hydroxyl groups excluding tert-OH is 1. The zero-order chi connectivity index (χ0) is 18.2. The first-order chi connectivity index (χ1) is 12.7. The maximum absolute atomic E-state index is 13.6. The number of halogens is 1. The van der Waals surface area contributed by atoms with Gasteiger partial charge in [-0.25, -0.2) is 4.39 Å². The summed E-state index contributed by atoms with van der Waals surface area (Å²) >= 11 is 0. The second-order valence-electron chi connectivity index (χ2n) is 6.27. The molecule has 0 spiro atoms. The molecule has 0 aliphatic carbocycles. The van der Waals surface area contributed by atoms with Crippen LogP contribution in [0.1, 0.15) is 0 Å². The van der Waals surface area contributed by atoms with Crippen LogP contribution in [0.4, 0.5) is 4.39 Å². The second kappa shape index (κ2) is 9.52. The number of ether oxygens (including phenoxy) is 3. The Morgan fingerprint density at radius 1 is 1.12 bits per heavy atom. The third kappa shape index (κ3) is 5.69. The molecule has 0 aromatic heterocycles. The van der Waals surface area contributed by atoms with Gasteiger partial charge in [-0.15, -0.1) is 0 Å². The second-order valence-corrected chi connectivity index (χ2v) is 6.27. The zero-order valence-electron chi connectivity index (χ0n) is 14.6. The number of para-hydroxylation sites is 2. The van der Waals surface area contributed by atoms with E-state index in [0.29, 0.717) is 19.7 Å². The molecule has 2 aromatic carbocycles. The van der Waals surface area contributed by atoms with Crippen molar-refractivity contribution in [2.45, 2.75) is 12.2 Å². The molecule has 3 rings (SSSR count). The van der Waals surface area contributed by atoms with E-state index in [2.05, 4.69) is 4.90 Å². The van der Waals surface area contributed by atoms with Crippen LogP contribution in [0.25, 0.3) is 0 Å². The van der Waals surface area contributed by atoms with Crippen molar-refractivity contribution in [1.82, 2.24) is 4.90 Å². The smallest absolute Gasteiger partial charge is 0.165 e. The molecule has 2 aromatic rings. The Balaban J connectivity index is 1.41. The van der Waals surface area contributed by atoms with Gasteiger partial charge in [0.05, 0.1) is 6.61 Å². The lowest BCUT2D eigenvalue weighted by molar-refractivity contribution is -0.0604. The van der Waals surface area contributed by atoms with E-state index < -0.39 is 6.10 Å². The Hall–Kier alpha value is -2.15. The molecule has 0 amide bonds. The summed E-state index contributed by atoms with van der Waals surface area (Å²) in [5, 5.41) is 10.2. The lowest BCUT2D eigenvalue weighted by Crippen LogP contribution is -2.48. The van der Waals surface area contributed by atoms with Gasteiger partial charge in [-0.3, -0.25) is 4.90 Å². The Labute approximate surface area is 152 Å². The van der Waals surface area contributed by atoms with Crippen molar-refractivity contribution in [3.05, 3.63) is 60.4 Å². The maximum Gasteiger partial charge on any atom is 0.165 e. The molecule has 1 saturated heterocycles. The van der Waals surface area contributed by atoms with Crippen molar-refractivity contribution < 1.29 is 23.7 Å². The normalized spacial score (nSPS) is 19.1. The molecule has 1 fully saturated rings. The number of morpholine rings is 1. The van der Waals surface area contributed by atoms with Crippen LogP contribution in [0, 0.1) is 5.82 Å². The van der Waals surface area contributed by atoms with Gasteiger partial charge in [0, 0.05) is 19.6 Å². The fourth-order valence-corrected chi connectivity index (χ4v) is 2.85. The highest BCUT2D eigenvalue weighted by molar-refractivity contribution is 5.23. The van der Waals surface area contributed by atoms with Crippen LogP contribution in [-0.4, -0.2) is 61.7 Å². The van der Waals surface area contributed by atoms with E-state index >= 15 is 0 Å². The van der Waals surface area contributed by atoms with Crippen molar-refractivity contribution in [1.29, 1.82) is 0 Å². The number of hydrogen-bond acceptors (Lipinski definition) is 5. The van der Waals surface area contributed by atoms with Crippen LogP contribution in [0.2, 0.25) is 0 Å². The van der Waals surface area contributed by atoms with Gasteiger partial charge in [0.25, 0.3) is 0 Å². The summed E-state index contributed by atoms with van der Waals surface area (Å²) in [6, 6.07) is 15.7. The van der Waals surface area contributed by atoms with Crippen molar-refractivity contribution in [3.63, 3.8) is 0 Å². The molecule has 1 N–H and O–H groups in total. The van der Waals surface area contributed by atoms with Crippen LogP contribution in [-0.2, 0) is 4.74 Å². The van der Waals surface area contributed by atoms with Crippen molar-refractivity contribution in [3.8, 4) is 11.5 Å². The number of β-amino-alcohol motifs (C(OH)–C–C–N with tert-alkyl or cyclic N) is 1. The fraction of sp³-hybridized carbons (Fsp3) is 0.400. The molecule has 0 radical (unpaired) electrons. The Morgan fingerprint density at radius 3 is 2.69 bits per heavy atom. The third-order valence-corrected chi connectivity index (χ3v) is 4.14. The minimum Gasteiger partial charge on any atom is -0.491 e. The topological polar surface area (TPSA) is 51.2 Å². The van der Waals surface area contributed by atoms with E-state index in [1.165, 1.54) is 6.07 Å². The molecule has 6 heteroatoms. The predicted molar refractivity (Wildman–Crippen MR) is 96.0 cm³/mol.